The summed E-state index contributed by atoms with van der Waals surface area (Å²) in [6.07, 6.45) is 5.89. The van der Waals surface area contributed by atoms with E-state index in [1.807, 2.05) is 18.2 Å². The molecule has 0 atom stereocenters. The van der Waals surface area contributed by atoms with E-state index in [2.05, 4.69) is 45.9 Å². The Morgan fingerprint density at radius 1 is 1.07 bits per heavy atom. The fourth-order valence-corrected chi connectivity index (χ4v) is 3.90. The quantitative estimate of drug-likeness (QED) is 0.613. The number of ether oxygens (including phenoxy) is 1. The van der Waals surface area contributed by atoms with Gasteiger partial charge >= 0.3 is 6.03 Å². The van der Waals surface area contributed by atoms with Crippen LogP contribution in [0.15, 0.2) is 54.6 Å². The lowest BCUT2D eigenvalue weighted by Gasteiger charge is -2.32. The molecule has 0 saturated carbocycles. The molecule has 2 aromatic rings. The molecule has 2 aromatic carbocycles. The third kappa shape index (κ3) is 7.42. The Morgan fingerprint density at radius 3 is 2.62 bits per heavy atom. The highest BCUT2D eigenvalue weighted by molar-refractivity contribution is 5.89. The first-order chi connectivity index (χ1) is 14.2. The van der Waals surface area contributed by atoms with E-state index in [0.29, 0.717) is 6.54 Å². The molecule has 1 aliphatic heterocycles. The molecule has 0 unspecified atom stereocenters. The summed E-state index contributed by atoms with van der Waals surface area (Å²) in [6, 6.07) is 18.0. The predicted octanol–water partition coefficient (Wildman–Crippen LogP) is 4.55. The standard InChI is InChI=1S/C24H33N3O2/c1-29-23-11-7-10-22(19-23)26-24(28)25-14-5-6-15-27-16-12-21(13-17-27)18-20-8-3-2-4-9-20/h2-4,7-11,19,21H,5-6,12-18H2,1H3,(H2,25,26,28). The summed E-state index contributed by atoms with van der Waals surface area (Å²) < 4.78 is 5.17. The zero-order chi connectivity index (χ0) is 20.3. The molecule has 5 heteroatoms. The molecule has 1 fully saturated rings. The molecule has 2 amide bonds. The molecule has 29 heavy (non-hydrogen) atoms. The van der Waals surface area contributed by atoms with Crippen LogP contribution in [-0.4, -0.2) is 44.2 Å². The van der Waals surface area contributed by atoms with Crippen molar-refractivity contribution in [1.29, 1.82) is 0 Å². The van der Waals surface area contributed by atoms with Crippen LogP contribution in [0.5, 0.6) is 5.75 Å². The fourth-order valence-electron chi connectivity index (χ4n) is 3.90. The van der Waals surface area contributed by atoms with Gasteiger partial charge in [-0.3, -0.25) is 0 Å². The Balaban J connectivity index is 1.24. The van der Waals surface area contributed by atoms with Crippen molar-refractivity contribution in [1.82, 2.24) is 10.2 Å². The molecule has 3 rings (SSSR count). The summed E-state index contributed by atoms with van der Waals surface area (Å²) in [7, 11) is 1.62. The van der Waals surface area contributed by atoms with Crippen molar-refractivity contribution in [3.8, 4) is 5.75 Å². The molecule has 0 radical (unpaired) electrons. The number of hydrogen-bond donors (Lipinski definition) is 2. The minimum absolute atomic E-state index is 0.167. The maximum Gasteiger partial charge on any atom is 0.319 e. The van der Waals surface area contributed by atoms with Crippen molar-refractivity contribution >= 4 is 11.7 Å². The summed E-state index contributed by atoms with van der Waals surface area (Å²) in [4.78, 5) is 14.6. The van der Waals surface area contributed by atoms with E-state index in [0.717, 1.165) is 36.7 Å². The van der Waals surface area contributed by atoms with Gasteiger partial charge in [0, 0.05) is 18.3 Å². The van der Waals surface area contributed by atoms with E-state index < -0.39 is 0 Å². The Morgan fingerprint density at radius 2 is 1.86 bits per heavy atom. The molecule has 2 N–H and O–H groups in total. The lowest BCUT2D eigenvalue weighted by atomic mass is 9.90. The van der Waals surface area contributed by atoms with Gasteiger partial charge in [0.2, 0.25) is 0 Å². The van der Waals surface area contributed by atoms with E-state index >= 15 is 0 Å². The van der Waals surface area contributed by atoms with Crippen LogP contribution < -0.4 is 15.4 Å². The topological polar surface area (TPSA) is 53.6 Å². The first-order valence-corrected chi connectivity index (χ1v) is 10.7. The molecular weight excluding hydrogens is 362 g/mol. The Kier molecular flexibility index (Phi) is 8.38. The number of nitrogens with zero attached hydrogens (tertiary/aromatic N) is 1. The minimum atomic E-state index is -0.167. The van der Waals surface area contributed by atoms with Gasteiger partial charge in [-0.1, -0.05) is 36.4 Å². The van der Waals surface area contributed by atoms with Crippen molar-refractivity contribution in [2.75, 3.05) is 38.6 Å². The molecular formula is C24H33N3O2. The number of carbonyl (C=O) groups excluding carboxylic acids is 1. The van der Waals surface area contributed by atoms with E-state index in [9.17, 15) is 4.79 Å². The van der Waals surface area contributed by atoms with Crippen molar-refractivity contribution in [3.63, 3.8) is 0 Å². The number of amides is 2. The Labute approximate surface area is 174 Å². The van der Waals surface area contributed by atoms with Gasteiger partial charge in [-0.2, -0.15) is 0 Å². The number of hydrogen-bond acceptors (Lipinski definition) is 3. The predicted molar refractivity (Wildman–Crippen MR) is 119 cm³/mol. The van der Waals surface area contributed by atoms with Crippen LogP contribution in [0.4, 0.5) is 10.5 Å². The van der Waals surface area contributed by atoms with Crippen LogP contribution in [0, 0.1) is 5.92 Å². The van der Waals surface area contributed by atoms with Gasteiger partial charge in [-0.05, 0) is 75.4 Å². The maximum atomic E-state index is 12.0. The minimum Gasteiger partial charge on any atom is -0.497 e. The highest BCUT2D eigenvalue weighted by atomic mass is 16.5. The first kappa shape index (κ1) is 21.2. The third-order valence-electron chi connectivity index (χ3n) is 5.59. The lowest BCUT2D eigenvalue weighted by molar-refractivity contribution is 0.181. The zero-order valence-electron chi connectivity index (χ0n) is 17.4. The molecule has 0 aliphatic carbocycles. The van der Waals surface area contributed by atoms with Gasteiger partial charge in [-0.25, -0.2) is 4.79 Å². The number of benzene rings is 2. The molecule has 156 valence electrons. The van der Waals surface area contributed by atoms with E-state index in [1.54, 1.807) is 13.2 Å². The first-order valence-electron chi connectivity index (χ1n) is 10.7. The molecule has 5 nitrogen and oxygen atoms in total. The SMILES string of the molecule is COc1cccc(NC(=O)NCCCCN2CCC(Cc3ccccc3)CC2)c1. The summed E-state index contributed by atoms with van der Waals surface area (Å²) >= 11 is 0. The van der Waals surface area contributed by atoms with Gasteiger partial charge in [0.15, 0.2) is 0 Å². The van der Waals surface area contributed by atoms with Crippen LogP contribution in [0.3, 0.4) is 0 Å². The second-order valence-electron chi connectivity index (χ2n) is 7.79. The van der Waals surface area contributed by atoms with Crippen LogP contribution in [0.25, 0.3) is 0 Å². The van der Waals surface area contributed by atoms with Gasteiger partial charge in [0.1, 0.15) is 5.75 Å². The second-order valence-corrected chi connectivity index (χ2v) is 7.79. The fraction of sp³-hybridized carbons (Fsp3) is 0.458. The number of anilines is 1. The molecule has 0 spiro atoms. The van der Waals surface area contributed by atoms with Crippen LogP contribution >= 0.6 is 0 Å². The number of carbonyl (C=O) groups is 1. The van der Waals surface area contributed by atoms with E-state index in [4.69, 9.17) is 4.74 Å². The number of nitrogens with one attached hydrogen (secondary N) is 2. The molecule has 0 aromatic heterocycles. The number of rotatable bonds is 9. The van der Waals surface area contributed by atoms with Crippen molar-refractivity contribution in [3.05, 3.63) is 60.2 Å². The average molecular weight is 396 g/mol. The van der Waals surface area contributed by atoms with Gasteiger partial charge in [0.25, 0.3) is 0 Å². The monoisotopic (exact) mass is 395 g/mol. The van der Waals surface area contributed by atoms with E-state index in [1.165, 1.54) is 37.9 Å². The highest BCUT2D eigenvalue weighted by Crippen LogP contribution is 2.21. The van der Waals surface area contributed by atoms with Gasteiger partial charge in [-0.15, -0.1) is 0 Å². The highest BCUT2D eigenvalue weighted by Gasteiger charge is 2.18. The number of methoxy groups -OCH3 is 1. The summed E-state index contributed by atoms with van der Waals surface area (Å²) in [5, 5.41) is 5.77. The summed E-state index contributed by atoms with van der Waals surface area (Å²) in [6.45, 7) is 4.21. The Hall–Kier alpha value is -2.53. The maximum absolute atomic E-state index is 12.0. The summed E-state index contributed by atoms with van der Waals surface area (Å²) in [5.41, 5.74) is 2.20. The number of unbranched alkanes of at least 4 members (excludes halogenated alkanes) is 1. The van der Waals surface area contributed by atoms with Crippen LogP contribution in [-0.2, 0) is 6.42 Å². The van der Waals surface area contributed by atoms with Crippen molar-refractivity contribution in [2.45, 2.75) is 32.1 Å². The Bertz CT molecular complexity index is 743. The molecule has 1 heterocycles. The summed E-state index contributed by atoms with van der Waals surface area (Å²) in [5.74, 6) is 1.55. The third-order valence-corrected chi connectivity index (χ3v) is 5.59. The number of urea groups is 1. The van der Waals surface area contributed by atoms with Crippen molar-refractivity contribution in [2.24, 2.45) is 5.92 Å². The molecule has 1 aliphatic rings. The van der Waals surface area contributed by atoms with E-state index in [-0.39, 0.29) is 6.03 Å². The molecule has 1 saturated heterocycles. The smallest absolute Gasteiger partial charge is 0.319 e. The average Bonchev–Trinajstić information content (AvgIpc) is 2.75. The number of likely N-dealkylation sites (tertiary alicyclic amines) is 1. The second kappa shape index (κ2) is 11.5. The zero-order valence-corrected chi connectivity index (χ0v) is 17.4. The van der Waals surface area contributed by atoms with Gasteiger partial charge in [0.05, 0.1) is 7.11 Å². The van der Waals surface area contributed by atoms with Crippen LogP contribution in [0.2, 0.25) is 0 Å². The largest absolute Gasteiger partial charge is 0.497 e. The van der Waals surface area contributed by atoms with Gasteiger partial charge < -0.3 is 20.3 Å². The number of piperidine rings is 1. The van der Waals surface area contributed by atoms with Crippen molar-refractivity contribution < 1.29 is 9.53 Å². The normalized spacial score (nSPS) is 15.1. The van der Waals surface area contributed by atoms with Crippen LogP contribution in [0.1, 0.15) is 31.2 Å². The lowest BCUT2D eigenvalue weighted by Crippen LogP contribution is -2.35. The molecule has 0 bridgehead atoms.